The van der Waals surface area contributed by atoms with Crippen LogP contribution < -0.4 is 5.32 Å². The van der Waals surface area contributed by atoms with Crippen molar-refractivity contribution in [3.8, 4) is 0 Å². The number of benzene rings is 2. The molecule has 0 spiro atoms. The molecule has 1 saturated heterocycles. The molecule has 10 heteroatoms. The summed E-state index contributed by atoms with van der Waals surface area (Å²) in [4.78, 5) is 30.7. The highest BCUT2D eigenvalue weighted by molar-refractivity contribution is 9.10. The maximum atomic E-state index is 13.1. The van der Waals surface area contributed by atoms with E-state index in [-0.39, 0.29) is 29.5 Å². The van der Waals surface area contributed by atoms with E-state index < -0.39 is 15.9 Å². The summed E-state index contributed by atoms with van der Waals surface area (Å²) in [5, 5.41) is 3.67. The van der Waals surface area contributed by atoms with Crippen LogP contribution in [0.25, 0.3) is 10.9 Å². The number of piperazine rings is 1. The second-order valence-electron chi connectivity index (χ2n) is 7.86. The van der Waals surface area contributed by atoms with Crippen molar-refractivity contribution in [1.29, 1.82) is 0 Å². The number of pyridine rings is 1. The Hall–Kier alpha value is -2.82. The Morgan fingerprint density at radius 2 is 1.76 bits per heavy atom. The van der Waals surface area contributed by atoms with Crippen molar-refractivity contribution >= 4 is 54.4 Å². The zero-order valence-corrected chi connectivity index (χ0v) is 20.6. The summed E-state index contributed by atoms with van der Waals surface area (Å²) in [7, 11) is -3.79. The first-order valence-electron chi connectivity index (χ1n) is 10.4. The molecule has 1 aliphatic heterocycles. The van der Waals surface area contributed by atoms with Gasteiger partial charge in [-0.05, 0) is 49.4 Å². The molecular formula is C23H23BrN4O4S. The first-order chi connectivity index (χ1) is 15.6. The van der Waals surface area contributed by atoms with Crippen molar-refractivity contribution in [3.05, 3.63) is 64.3 Å². The van der Waals surface area contributed by atoms with E-state index in [4.69, 9.17) is 0 Å². The molecule has 3 aromatic rings. The number of halogens is 1. The lowest BCUT2D eigenvalue weighted by Crippen LogP contribution is -2.49. The Morgan fingerprint density at radius 1 is 1.03 bits per heavy atom. The number of carbonyl (C=O) groups is 2. The molecule has 1 N–H and O–H groups in total. The Kier molecular flexibility index (Phi) is 6.51. The minimum Gasteiger partial charge on any atom is -0.340 e. The minimum atomic E-state index is -3.79. The summed E-state index contributed by atoms with van der Waals surface area (Å²) in [6.07, 6.45) is 0. The monoisotopic (exact) mass is 530 g/mol. The van der Waals surface area contributed by atoms with Crippen LogP contribution in [0.15, 0.2) is 57.9 Å². The normalized spacial score (nSPS) is 14.9. The van der Waals surface area contributed by atoms with E-state index in [0.29, 0.717) is 18.8 Å². The Bertz CT molecular complexity index is 1350. The van der Waals surface area contributed by atoms with E-state index in [0.717, 1.165) is 21.1 Å². The van der Waals surface area contributed by atoms with Crippen LogP contribution in [0.5, 0.6) is 0 Å². The quantitative estimate of drug-likeness (QED) is 0.557. The molecule has 0 radical (unpaired) electrons. The van der Waals surface area contributed by atoms with Gasteiger partial charge in [0.15, 0.2) is 0 Å². The van der Waals surface area contributed by atoms with Gasteiger partial charge in [0.2, 0.25) is 15.9 Å². The zero-order chi connectivity index (χ0) is 23.8. The minimum absolute atomic E-state index is 0.0462. The van der Waals surface area contributed by atoms with Gasteiger partial charge in [-0.2, -0.15) is 4.31 Å². The molecule has 0 unspecified atom stereocenters. The molecule has 0 saturated carbocycles. The van der Waals surface area contributed by atoms with Crippen molar-refractivity contribution in [1.82, 2.24) is 14.2 Å². The number of carbonyl (C=O) groups excluding carboxylic acids is 2. The number of hydrogen-bond acceptors (Lipinski definition) is 5. The number of aryl methyl sites for hydroxylation is 1. The number of aromatic nitrogens is 1. The predicted octanol–water partition coefficient (Wildman–Crippen LogP) is 3.41. The van der Waals surface area contributed by atoms with E-state index in [1.54, 1.807) is 23.1 Å². The summed E-state index contributed by atoms with van der Waals surface area (Å²) in [5.74, 6) is -0.489. The number of nitrogens with one attached hydrogen (secondary N) is 1. The second-order valence-corrected chi connectivity index (χ2v) is 10.7. The van der Waals surface area contributed by atoms with Crippen LogP contribution in [0.3, 0.4) is 0 Å². The summed E-state index contributed by atoms with van der Waals surface area (Å²) >= 11 is 3.44. The molecule has 0 atom stereocenters. The van der Waals surface area contributed by atoms with Gasteiger partial charge in [-0.25, -0.2) is 8.42 Å². The van der Waals surface area contributed by atoms with Crippen LogP contribution in [-0.2, 0) is 14.8 Å². The molecular weight excluding hydrogens is 508 g/mol. The summed E-state index contributed by atoms with van der Waals surface area (Å²) in [6.45, 7) is 4.44. The molecule has 33 heavy (non-hydrogen) atoms. The third-order valence-corrected chi connectivity index (χ3v) is 7.95. The molecule has 172 valence electrons. The maximum absolute atomic E-state index is 13.1. The summed E-state index contributed by atoms with van der Waals surface area (Å²) in [6, 6.07) is 13.4. The standard InChI is InChI=1S/C23H23BrN4O4S/c1-15-12-22(20-14-18(24)6-7-21(20)25-15)26-23(30)17-4-3-5-19(13-17)33(31,32)28-10-8-27(9-11-28)16(2)29/h3-7,12-14H,8-11H2,1-2H3,(H,25,26,30). The third kappa shape index (κ3) is 4.92. The number of sulfonamides is 1. The number of rotatable bonds is 4. The Morgan fingerprint density at radius 3 is 2.45 bits per heavy atom. The van der Waals surface area contributed by atoms with Crippen LogP contribution in [-0.4, -0.2) is 60.6 Å². The van der Waals surface area contributed by atoms with E-state index >= 15 is 0 Å². The SMILES string of the molecule is CC(=O)N1CCN(S(=O)(=O)c2cccc(C(=O)Nc3cc(C)nc4ccc(Br)cc34)c2)CC1. The molecule has 2 aromatic carbocycles. The summed E-state index contributed by atoms with van der Waals surface area (Å²) in [5.41, 5.74) is 2.32. The van der Waals surface area contributed by atoms with Crippen LogP contribution in [0.2, 0.25) is 0 Å². The fourth-order valence-corrected chi connectivity index (χ4v) is 5.65. The van der Waals surface area contributed by atoms with Crippen molar-refractivity contribution in [2.24, 2.45) is 0 Å². The van der Waals surface area contributed by atoms with Crippen LogP contribution in [0.1, 0.15) is 23.0 Å². The lowest BCUT2D eigenvalue weighted by Gasteiger charge is -2.33. The van der Waals surface area contributed by atoms with E-state index in [1.807, 2.05) is 25.1 Å². The van der Waals surface area contributed by atoms with Gasteiger partial charge in [-0.3, -0.25) is 14.6 Å². The highest BCUT2D eigenvalue weighted by Crippen LogP contribution is 2.27. The molecule has 1 aromatic heterocycles. The van der Waals surface area contributed by atoms with Crippen molar-refractivity contribution in [2.75, 3.05) is 31.5 Å². The van der Waals surface area contributed by atoms with Crippen molar-refractivity contribution in [2.45, 2.75) is 18.7 Å². The lowest BCUT2D eigenvalue weighted by molar-refractivity contribution is -0.129. The van der Waals surface area contributed by atoms with E-state index in [2.05, 4.69) is 26.2 Å². The van der Waals surface area contributed by atoms with Crippen LogP contribution in [0.4, 0.5) is 5.69 Å². The predicted molar refractivity (Wildman–Crippen MR) is 130 cm³/mol. The molecule has 2 heterocycles. The van der Waals surface area contributed by atoms with E-state index in [1.165, 1.54) is 23.4 Å². The average Bonchev–Trinajstić information content (AvgIpc) is 2.79. The zero-order valence-electron chi connectivity index (χ0n) is 18.2. The van der Waals surface area contributed by atoms with Gasteiger partial charge >= 0.3 is 0 Å². The largest absolute Gasteiger partial charge is 0.340 e. The van der Waals surface area contributed by atoms with Gasteiger partial charge in [0.25, 0.3) is 5.91 Å². The van der Waals surface area contributed by atoms with Gasteiger partial charge in [0.05, 0.1) is 16.1 Å². The summed E-state index contributed by atoms with van der Waals surface area (Å²) < 4.78 is 28.5. The lowest BCUT2D eigenvalue weighted by atomic mass is 10.1. The fraction of sp³-hybridized carbons (Fsp3) is 0.261. The number of nitrogens with zero attached hydrogens (tertiary/aromatic N) is 3. The molecule has 2 amide bonds. The van der Waals surface area contributed by atoms with E-state index in [9.17, 15) is 18.0 Å². The molecule has 1 fully saturated rings. The van der Waals surface area contributed by atoms with Gasteiger partial charge in [0, 0.05) is 54.2 Å². The first kappa shape index (κ1) is 23.3. The van der Waals surface area contributed by atoms with Gasteiger partial charge in [-0.15, -0.1) is 0 Å². The number of hydrogen-bond donors (Lipinski definition) is 1. The first-order valence-corrected chi connectivity index (χ1v) is 12.6. The topological polar surface area (TPSA) is 99.7 Å². The molecule has 0 bridgehead atoms. The highest BCUT2D eigenvalue weighted by atomic mass is 79.9. The number of anilines is 1. The molecule has 4 rings (SSSR count). The van der Waals surface area contributed by atoms with Crippen molar-refractivity contribution in [3.63, 3.8) is 0 Å². The fourth-order valence-electron chi connectivity index (χ4n) is 3.82. The number of fused-ring (bicyclic) bond motifs is 1. The van der Waals surface area contributed by atoms with Crippen LogP contribution >= 0.6 is 15.9 Å². The Labute approximate surface area is 200 Å². The van der Waals surface area contributed by atoms with Gasteiger partial charge < -0.3 is 10.2 Å². The average molecular weight is 531 g/mol. The molecule has 1 aliphatic rings. The highest BCUT2D eigenvalue weighted by Gasteiger charge is 2.29. The molecule has 0 aliphatic carbocycles. The smallest absolute Gasteiger partial charge is 0.255 e. The van der Waals surface area contributed by atoms with Crippen molar-refractivity contribution < 1.29 is 18.0 Å². The maximum Gasteiger partial charge on any atom is 0.255 e. The van der Waals surface area contributed by atoms with Crippen LogP contribution in [0, 0.1) is 6.92 Å². The van der Waals surface area contributed by atoms with Gasteiger partial charge in [0.1, 0.15) is 0 Å². The second kappa shape index (κ2) is 9.20. The third-order valence-electron chi connectivity index (χ3n) is 5.56. The Balaban J connectivity index is 1.58. The number of amides is 2. The molecule has 8 nitrogen and oxygen atoms in total. The van der Waals surface area contributed by atoms with Gasteiger partial charge in [-0.1, -0.05) is 22.0 Å².